The molecule has 0 saturated heterocycles. The van der Waals surface area contributed by atoms with Gasteiger partial charge >= 0.3 is 0 Å². The summed E-state index contributed by atoms with van der Waals surface area (Å²) in [5.74, 6) is -1.12. The standard InChI is InChI=1S/C17H17ClF2N6O.3H2/c1-17(2,16(27)21-4-3-19)26-15-12(20)8-24-14(25-15)11-7-23-13-10(11)5-9(18)6-22-13;;;/h5-8H,3-4H2,1-2H3,(H,21,27)(H,22,23)(H,24,25,26);3*1H. The number of halogens is 3. The van der Waals surface area contributed by atoms with Gasteiger partial charge in [0.2, 0.25) is 5.91 Å². The molecule has 3 rings (SSSR count). The van der Waals surface area contributed by atoms with Crippen LogP contribution in [0.15, 0.2) is 24.7 Å². The quantitative estimate of drug-likeness (QED) is 0.584. The van der Waals surface area contributed by atoms with E-state index < -0.39 is 23.9 Å². The van der Waals surface area contributed by atoms with E-state index in [0.717, 1.165) is 6.20 Å². The van der Waals surface area contributed by atoms with Gasteiger partial charge in [-0.05, 0) is 19.9 Å². The van der Waals surface area contributed by atoms with Gasteiger partial charge in [0, 0.05) is 34.2 Å². The Bertz CT molecular complexity index is 1000. The molecule has 3 aromatic heterocycles. The zero-order chi connectivity index (χ0) is 19.6. The molecule has 0 atom stereocenters. The number of aromatic amines is 1. The largest absolute Gasteiger partial charge is 0.354 e. The fraction of sp³-hybridized carbons (Fsp3) is 0.294. The molecule has 3 heterocycles. The Morgan fingerprint density at radius 1 is 1.37 bits per heavy atom. The topological polar surface area (TPSA) is 95.6 Å². The van der Waals surface area contributed by atoms with Gasteiger partial charge in [0.1, 0.15) is 17.9 Å². The van der Waals surface area contributed by atoms with Gasteiger partial charge in [0.05, 0.1) is 11.2 Å². The van der Waals surface area contributed by atoms with E-state index >= 15 is 0 Å². The first kappa shape index (κ1) is 19.0. The number of alkyl halides is 1. The zero-order valence-electron chi connectivity index (χ0n) is 14.6. The Kier molecular flexibility index (Phi) is 5.22. The number of fused-ring (bicyclic) bond motifs is 1. The van der Waals surface area contributed by atoms with E-state index in [2.05, 4.69) is 30.6 Å². The Hall–Kier alpha value is -2.81. The Morgan fingerprint density at radius 2 is 2.15 bits per heavy atom. The molecule has 0 saturated carbocycles. The van der Waals surface area contributed by atoms with E-state index in [9.17, 15) is 13.6 Å². The Labute approximate surface area is 163 Å². The molecule has 10 heteroatoms. The van der Waals surface area contributed by atoms with E-state index in [1.54, 1.807) is 12.3 Å². The molecule has 148 valence electrons. The first-order chi connectivity index (χ1) is 12.8. The fourth-order valence-corrected chi connectivity index (χ4v) is 2.64. The van der Waals surface area contributed by atoms with E-state index in [1.165, 1.54) is 20.0 Å². The van der Waals surface area contributed by atoms with Gasteiger partial charge in [0.25, 0.3) is 0 Å². The van der Waals surface area contributed by atoms with Crippen molar-refractivity contribution < 1.29 is 17.9 Å². The SMILES string of the molecule is CC(C)(Nc1nc(-c2c[nH]c3ncc(Cl)cc23)ncc1F)C(=O)NCCF.[HH].[HH].[HH]. The van der Waals surface area contributed by atoms with Crippen LogP contribution in [0.2, 0.25) is 5.02 Å². The highest BCUT2D eigenvalue weighted by Gasteiger charge is 2.29. The van der Waals surface area contributed by atoms with Crippen molar-refractivity contribution in [2.45, 2.75) is 19.4 Å². The molecule has 0 aliphatic rings. The highest BCUT2D eigenvalue weighted by Crippen LogP contribution is 2.28. The van der Waals surface area contributed by atoms with E-state index in [0.29, 0.717) is 21.6 Å². The molecular formula is C17H23ClF2N6O. The minimum Gasteiger partial charge on any atom is -0.354 e. The number of hydrogen-bond donors (Lipinski definition) is 3. The second-order valence-corrected chi connectivity index (χ2v) is 6.77. The van der Waals surface area contributed by atoms with Gasteiger partial charge in [-0.3, -0.25) is 4.79 Å². The van der Waals surface area contributed by atoms with Crippen LogP contribution >= 0.6 is 11.6 Å². The summed E-state index contributed by atoms with van der Waals surface area (Å²) < 4.78 is 26.5. The van der Waals surface area contributed by atoms with Crippen molar-refractivity contribution in [3.8, 4) is 11.4 Å². The number of hydrogen-bond acceptors (Lipinski definition) is 5. The number of anilines is 1. The van der Waals surface area contributed by atoms with E-state index in [-0.39, 0.29) is 22.5 Å². The number of carbonyl (C=O) groups excluding carboxylic acids is 1. The fourth-order valence-electron chi connectivity index (χ4n) is 2.48. The lowest BCUT2D eigenvalue weighted by Crippen LogP contribution is -2.48. The van der Waals surface area contributed by atoms with Crippen LogP contribution in [0.3, 0.4) is 0 Å². The van der Waals surface area contributed by atoms with Crippen LogP contribution < -0.4 is 10.6 Å². The summed E-state index contributed by atoms with van der Waals surface area (Å²) >= 11 is 5.99. The number of amides is 1. The average molecular weight is 401 g/mol. The second kappa shape index (κ2) is 7.43. The summed E-state index contributed by atoms with van der Waals surface area (Å²) in [4.78, 5) is 27.5. The maximum atomic E-state index is 14.2. The minimum absolute atomic E-state index is 0. The summed E-state index contributed by atoms with van der Waals surface area (Å²) in [6, 6.07) is 1.70. The maximum absolute atomic E-state index is 14.2. The summed E-state index contributed by atoms with van der Waals surface area (Å²) in [6.45, 7) is 2.27. The maximum Gasteiger partial charge on any atom is 0.245 e. The predicted molar refractivity (Wildman–Crippen MR) is 105 cm³/mol. The number of nitrogens with zero attached hydrogens (tertiary/aromatic N) is 3. The van der Waals surface area contributed by atoms with Crippen LogP contribution in [0.25, 0.3) is 22.4 Å². The van der Waals surface area contributed by atoms with Crippen LogP contribution in [-0.4, -0.2) is 44.6 Å². The first-order valence-electron chi connectivity index (χ1n) is 8.10. The van der Waals surface area contributed by atoms with Gasteiger partial charge in [0.15, 0.2) is 17.5 Å². The molecule has 0 aliphatic carbocycles. The number of nitrogens with one attached hydrogen (secondary N) is 3. The third kappa shape index (κ3) is 3.97. The second-order valence-electron chi connectivity index (χ2n) is 6.34. The van der Waals surface area contributed by atoms with Crippen molar-refractivity contribution in [1.82, 2.24) is 25.3 Å². The number of rotatable bonds is 6. The van der Waals surface area contributed by atoms with Crippen LogP contribution in [-0.2, 0) is 4.79 Å². The van der Waals surface area contributed by atoms with Gasteiger partial charge in [-0.15, -0.1) is 0 Å². The molecular weight excluding hydrogens is 378 g/mol. The lowest BCUT2D eigenvalue weighted by molar-refractivity contribution is -0.124. The molecule has 0 radical (unpaired) electrons. The number of carbonyl (C=O) groups is 1. The van der Waals surface area contributed by atoms with Crippen molar-refractivity contribution in [1.29, 1.82) is 0 Å². The predicted octanol–water partition coefficient (Wildman–Crippen LogP) is 3.83. The molecule has 0 aromatic carbocycles. The molecule has 27 heavy (non-hydrogen) atoms. The smallest absolute Gasteiger partial charge is 0.245 e. The van der Waals surface area contributed by atoms with Crippen LogP contribution in [0.4, 0.5) is 14.6 Å². The Balaban J connectivity index is 0.00000280. The lowest BCUT2D eigenvalue weighted by Gasteiger charge is -2.25. The van der Waals surface area contributed by atoms with Crippen molar-refractivity contribution in [2.24, 2.45) is 0 Å². The van der Waals surface area contributed by atoms with Crippen molar-refractivity contribution in [3.63, 3.8) is 0 Å². The van der Waals surface area contributed by atoms with Gasteiger partial charge in [-0.25, -0.2) is 23.7 Å². The monoisotopic (exact) mass is 400 g/mol. The summed E-state index contributed by atoms with van der Waals surface area (Å²) in [5.41, 5.74) is -0.0438. The molecule has 3 N–H and O–H groups in total. The minimum atomic E-state index is -1.22. The number of aromatic nitrogens is 4. The van der Waals surface area contributed by atoms with Crippen molar-refractivity contribution >= 4 is 34.4 Å². The molecule has 7 nitrogen and oxygen atoms in total. The van der Waals surface area contributed by atoms with Gasteiger partial charge < -0.3 is 15.6 Å². The summed E-state index contributed by atoms with van der Waals surface area (Å²) in [5, 5.41) is 6.28. The third-order valence-electron chi connectivity index (χ3n) is 3.86. The van der Waals surface area contributed by atoms with E-state index in [1.807, 2.05) is 0 Å². The third-order valence-corrected chi connectivity index (χ3v) is 4.07. The average Bonchev–Trinajstić information content (AvgIpc) is 3.04. The molecule has 0 aliphatic heterocycles. The lowest BCUT2D eigenvalue weighted by atomic mass is 10.0. The molecule has 0 bridgehead atoms. The summed E-state index contributed by atoms with van der Waals surface area (Å²) in [7, 11) is 0. The van der Waals surface area contributed by atoms with Crippen LogP contribution in [0.5, 0.6) is 0 Å². The van der Waals surface area contributed by atoms with Crippen LogP contribution in [0.1, 0.15) is 18.1 Å². The summed E-state index contributed by atoms with van der Waals surface area (Å²) in [6.07, 6.45) is 4.16. The highest BCUT2D eigenvalue weighted by molar-refractivity contribution is 6.31. The molecule has 0 unspecified atom stereocenters. The first-order valence-corrected chi connectivity index (χ1v) is 8.47. The number of pyridine rings is 1. The molecule has 0 fully saturated rings. The van der Waals surface area contributed by atoms with Gasteiger partial charge in [-0.1, -0.05) is 11.6 Å². The molecule has 1 amide bonds. The molecule has 3 aromatic rings. The van der Waals surface area contributed by atoms with Gasteiger partial charge in [-0.2, -0.15) is 0 Å². The van der Waals surface area contributed by atoms with Crippen molar-refractivity contribution in [2.75, 3.05) is 18.5 Å². The van der Waals surface area contributed by atoms with E-state index in [4.69, 9.17) is 11.6 Å². The Morgan fingerprint density at radius 3 is 2.89 bits per heavy atom. The highest BCUT2D eigenvalue weighted by atomic mass is 35.5. The van der Waals surface area contributed by atoms with Crippen molar-refractivity contribution in [3.05, 3.63) is 35.5 Å². The normalized spacial score (nSPS) is 11.6. The number of H-pyrrole nitrogens is 1. The van der Waals surface area contributed by atoms with Crippen LogP contribution in [0, 0.1) is 5.82 Å². The zero-order valence-corrected chi connectivity index (χ0v) is 15.4. The molecule has 0 spiro atoms.